The van der Waals surface area contributed by atoms with Gasteiger partial charge in [0.25, 0.3) is 0 Å². The molecule has 1 fully saturated rings. The molecule has 1 aliphatic rings. The molecular formula is C11H9BrN2O3. The molecule has 1 heterocycles. The van der Waals surface area contributed by atoms with Gasteiger partial charge in [-0.15, -0.1) is 0 Å². The highest BCUT2D eigenvalue weighted by Gasteiger charge is 2.32. The van der Waals surface area contributed by atoms with Gasteiger partial charge in [-0.25, -0.2) is 9.69 Å². The molecule has 1 aromatic carbocycles. The lowest BCUT2D eigenvalue weighted by molar-refractivity contribution is -0.128. The van der Waals surface area contributed by atoms with Crippen molar-refractivity contribution in [3.63, 3.8) is 0 Å². The molecule has 88 valence electrons. The summed E-state index contributed by atoms with van der Waals surface area (Å²) < 4.78 is 0.769. The minimum atomic E-state index is -0.705. The maximum atomic E-state index is 11.7. The minimum Gasteiger partial charge on any atom is -0.277 e. The van der Waals surface area contributed by atoms with Crippen molar-refractivity contribution in [2.75, 3.05) is 4.90 Å². The average Bonchev–Trinajstić information content (AvgIpc) is 2.13. The Hall–Kier alpha value is -1.69. The van der Waals surface area contributed by atoms with Crippen molar-refractivity contribution in [1.29, 1.82) is 0 Å². The Morgan fingerprint density at radius 3 is 2.53 bits per heavy atom. The Bertz CT molecular complexity index is 487. The summed E-state index contributed by atoms with van der Waals surface area (Å²) >= 11 is 3.29. The highest BCUT2D eigenvalue weighted by Crippen LogP contribution is 2.24. The molecule has 1 aliphatic heterocycles. The summed E-state index contributed by atoms with van der Waals surface area (Å²) in [6, 6.07) is 4.52. The third-order valence-corrected chi connectivity index (χ3v) is 2.75. The van der Waals surface area contributed by atoms with E-state index in [-0.39, 0.29) is 6.42 Å². The van der Waals surface area contributed by atoms with Crippen molar-refractivity contribution in [2.45, 2.75) is 13.3 Å². The summed E-state index contributed by atoms with van der Waals surface area (Å²) in [5.41, 5.74) is 1.36. The lowest BCUT2D eigenvalue weighted by atomic mass is 10.2. The summed E-state index contributed by atoms with van der Waals surface area (Å²) in [5, 5.41) is 2.11. The van der Waals surface area contributed by atoms with Crippen LogP contribution in [0.2, 0.25) is 0 Å². The van der Waals surface area contributed by atoms with E-state index in [9.17, 15) is 14.4 Å². The number of halogens is 1. The third kappa shape index (κ3) is 2.36. The highest BCUT2D eigenvalue weighted by molar-refractivity contribution is 9.10. The first-order valence-corrected chi connectivity index (χ1v) is 5.70. The van der Waals surface area contributed by atoms with Crippen molar-refractivity contribution in [2.24, 2.45) is 0 Å². The van der Waals surface area contributed by atoms with E-state index in [1.165, 1.54) is 0 Å². The smallest absolute Gasteiger partial charge is 0.277 e. The van der Waals surface area contributed by atoms with Crippen molar-refractivity contribution >= 4 is 39.5 Å². The van der Waals surface area contributed by atoms with Gasteiger partial charge in [0, 0.05) is 4.47 Å². The fourth-order valence-electron chi connectivity index (χ4n) is 1.66. The largest absolute Gasteiger partial charge is 0.335 e. The number of rotatable bonds is 1. The number of anilines is 1. The van der Waals surface area contributed by atoms with Crippen LogP contribution in [0.25, 0.3) is 0 Å². The van der Waals surface area contributed by atoms with Crippen LogP contribution >= 0.6 is 15.9 Å². The van der Waals surface area contributed by atoms with Crippen LogP contribution in [0.3, 0.4) is 0 Å². The van der Waals surface area contributed by atoms with Crippen LogP contribution in [0, 0.1) is 6.92 Å². The summed E-state index contributed by atoms with van der Waals surface area (Å²) in [6.07, 6.45) is -0.308. The Morgan fingerprint density at radius 2 is 1.94 bits per heavy atom. The van der Waals surface area contributed by atoms with Gasteiger partial charge in [0.15, 0.2) is 0 Å². The molecule has 0 radical (unpaired) electrons. The molecule has 1 N–H and O–H groups in total. The van der Waals surface area contributed by atoms with Crippen molar-refractivity contribution in [3.05, 3.63) is 28.2 Å². The van der Waals surface area contributed by atoms with Crippen LogP contribution in [0.15, 0.2) is 22.7 Å². The molecule has 0 unspecified atom stereocenters. The van der Waals surface area contributed by atoms with Crippen LogP contribution in [0.1, 0.15) is 12.0 Å². The second-order valence-electron chi connectivity index (χ2n) is 3.75. The number of aryl methyl sites for hydroxylation is 1. The molecule has 4 amide bonds. The van der Waals surface area contributed by atoms with Gasteiger partial charge >= 0.3 is 6.03 Å². The molecule has 0 aliphatic carbocycles. The van der Waals surface area contributed by atoms with Crippen LogP contribution in [-0.2, 0) is 9.59 Å². The average molecular weight is 297 g/mol. The van der Waals surface area contributed by atoms with Gasteiger partial charge in [-0.3, -0.25) is 14.9 Å². The number of carbonyl (C=O) groups excluding carboxylic acids is 3. The van der Waals surface area contributed by atoms with Gasteiger partial charge in [-0.05, 0) is 30.7 Å². The number of benzene rings is 1. The Morgan fingerprint density at radius 1 is 1.24 bits per heavy atom. The van der Waals surface area contributed by atoms with Gasteiger partial charge in [0.05, 0.1) is 5.69 Å². The van der Waals surface area contributed by atoms with Crippen molar-refractivity contribution in [3.8, 4) is 0 Å². The van der Waals surface area contributed by atoms with Crippen LogP contribution in [0.5, 0.6) is 0 Å². The normalized spacial score (nSPS) is 16.1. The zero-order valence-corrected chi connectivity index (χ0v) is 10.6. The lowest BCUT2D eigenvalue weighted by Crippen LogP contribution is -2.52. The third-order valence-electron chi connectivity index (χ3n) is 2.30. The molecule has 1 aromatic rings. The maximum Gasteiger partial charge on any atom is 0.335 e. The molecular weight excluding hydrogens is 288 g/mol. The summed E-state index contributed by atoms with van der Waals surface area (Å²) in [5.74, 6) is -1.08. The van der Waals surface area contributed by atoms with E-state index in [1.807, 2.05) is 13.0 Å². The number of imide groups is 2. The standard InChI is InChI=1S/C11H9BrN2O3/c1-6-2-7(12)4-8(3-6)14-10(16)5-9(15)13-11(14)17/h2-4H,5H2,1H3,(H,13,15,17). The fraction of sp³-hybridized carbons (Fsp3) is 0.182. The molecule has 17 heavy (non-hydrogen) atoms. The van der Waals surface area contributed by atoms with Gasteiger partial charge in [0.1, 0.15) is 6.42 Å². The summed E-state index contributed by atoms with van der Waals surface area (Å²) in [7, 11) is 0. The summed E-state index contributed by atoms with van der Waals surface area (Å²) in [4.78, 5) is 35.2. The van der Waals surface area contributed by atoms with E-state index < -0.39 is 17.8 Å². The summed E-state index contributed by atoms with van der Waals surface area (Å²) in [6.45, 7) is 1.85. The molecule has 0 bridgehead atoms. The first-order chi connectivity index (χ1) is 7.97. The highest BCUT2D eigenvalue weighted by atomic mass is 79.9. The molecule has 6 heteroatoms. The van der Waals surface area contributed by atoms with E-state index in [0.717, 1.165) is 14.9 Å². The predicted molar refractivity (Wildman–Crippen MR) is 64.5 cm³/mol. The zero-order chi connectivity index (χ0) is 12.6. The van der Waals surface area contributed by atoms with E-state index in [0.29, 0.717) is 5.69 Å². The SMILES string of the molecule is Cc1cc(Br)cc(N2C(=O)CC(=O)NC2=O)c1. The Labute approximate surface area is 106 Å². The van der Waals surface area contributed by atoms with E-state index in [4.69, 9.17) is 0 Å². The van der Waals surface area contributed by atoms with Gasteiger partial charge in [-0.1, -0.05) is 15.9 Å². The zero-order valence-electron chi connectivity index (χ0n) is 8.99. The second kappa shape index (κ2) is 4.29. The number of hydrogen-bond donors (Lipinski definition) is 1. The molecule has 0 atom stereocenters. The topological polar surface area (TPSA) is 66.5 Å². The molecule has 1 saturated heterocycles. The van der Waals surface area contributed by atoms with Crippen LogP contribution < -0.4 is 10.2 Å². The van der Waals surface area contributed by atoms with Crippen LogP contribution in [0.4, 0.5) is 10.5 Å². The van der Waals surface area contributed by atoms with E-state index >= 15 is 0 Å². The molecule has 0 spiro atoms. The van der Waals surface area contributed by atoms with Crippen molar-refractivity contribution in [1.82, 2.24) is 5.32 Å². The molecule has 0 saturated carbocycles. The van der Waals surface area contributed by atoms with Gasteiger partial charge < -0.3 is 0 Å². The van der Waals surface area contributed by atoms with Gasteiger partial charge in [-0.2, -0.15) is 0 Å². The van der Waals surface area contributed by atoms with E-state index in [1.54, 1.807) is 12.1 Å². The minimum absolute atomic E-state index is 0.308. The Kier molecular flexibility index (Phi) is 2.97. The number of hydrogen-bond acceptors (Lipinski definition) is 3. The predicted octanol–water partition coefficient (Wildman–Crippen LogP) is 1.73. The first kappa shape index (κ1) is 11.8. The molecule has 0 aromatic heterocycles. The fourth-order valence-corrected chi connectivity index (χ4v) is 2.25. The first-order valence-electron chi connectivity index (χ1n) is 4.91. The van der Waals surface area contributed by atoms with E-state index in [2.05, 4.69) is 21.2 Å². The lowest BCUT2D eigenvalue weighted by Gasteiger charge is -2.25. The number of carbonyl (C=O) groups is 3. The Balaban J connectivity index is 2.41. The number of nitrogens with one attached hydrogen (secondary N) is 1. The molecule has 2 rings (SSSR count). The monoisotopic (exact) mass is 296 g/mol. The van der Waals surface area contributed by atoms with Crippen molar-refractivity contribution < 1.29 is 14.4 Å². The quantitative estimate of drug-likeness (QED) is 0.803. The number of barbiturate groups is 1. The van der Waals surface area contributed by atoms with Crippen LogP contribution in [-0.4, -0.2) is 17.8 Å². The number of nitrogens with zero attached hydrogens (tertiary/aromatic N) is 1. The number of urea groups is 1. The molecule has 5 nitrogen and oxygen atoms in total. The number of amides is 4. The maximum absolute atomic E-state index is 11.7. The second-order valence-corrected chi connectivity index (χ2v) is 4.66. The van der Waals surface area contributed by atoms with Gasteiger partial charge in [0.2, 0.25) is 11.8 Å².